The predicted octanol–water partition coefficient (Wildman–Crippen LogP) is 6.69. The van der Waals surface area contributed by atoms with Gasteiger partial charge in [-0.1, -0.05) is 23.7 Å². The number of hydrogen-bond donors (Lipinski definition) is 1. The predicted molar refractivity (Wildman–Crippen MR) is 98.1 cm³/mol. The maximum Gasteiger partial charge on any atom is 0.416 e. The lowest BCUT2D eigenvalue weighted by molar-refractivity contribution is -0.137. The van der Waals surface area contributed by atoms with Crippen molar-refractivity contribution in [2.24, 2.45) is 0 Å². The second-order valence-electron chi connectivity index (χ2n) is 5.88. The summed E-state index contributed by atoms with van der Waals surface area (Å²) in [5.74, 6) is 0.845. The number of benzene rings is 2. The number of pyridine rings is 1. The molecule has 27 heavy (non-hydrogen) atoms. The number of alkyl halides is 3. The molecule has 136 valence electrons. The van der Waals surface area contributed by atoms with Gasteiger partial charge in [-0.2, -0.15) is 13.2 Å². The highest BCUT2D eigenvalue weighted by Gasteiger charge is 2.30. The number of rotatable bonds is 3. The van der Waals surface area contributed by atoms with Crippen molar-refractivity contribution < 1.29 is 17.9 Å². The van der Waals surface area contributed by atoms with Crippen LogP contribution in [0.25, 0.3) is 22.0 Å². The van der Waals surface area contributed by atoms with Gasteiger partial charge >= 0.3 is 6.18 Å². The summed E-state index contributed by atoms with van der Waals surface area (Å²) >= 11 is 6.20. The van der Waals surface area contributed by atoms with Crippen molar-refractivity contribution in [2.45, 2.75) is 6.18 Å². The van der Waals surface area contributed by atoms with E-state index in [1.807, 2.05) is 24.4 Å². The molecular weight excluding hydrogens is 377 g/mol. The van der Waals surface area contributed by atoms with Crippen molar-refractivity contribution in [1.82, 2.24) is 9.97 Å². The molecule has 0 aliphatic heterocycles. The Morgan fingerprint density at radius 3 is 2.15 bits per heavy atom. The summed E-state index contributed by atoms with van der Waals surface area (Å²) in [5.41, 5.74) is 1.99. The maximum atomic E-state index is 12.6. The number of fused-ring (bicyclic) bond motifs is 1. The number of aromatic nitrogens is 2. The first-order chi connectivity index (χ1) is 12.9. The molecule has 4 aromatic rings. The van der Waals surface area contributed by atoms with Crippen molar-refractivity contribution in [2.75, 3.05) is 0 Å². The molecular formula is C20H12ClF3N2O. The standard InChI is InChI=1S/C20H12ClF3N2O/c21-19-18-16(11-26-17(18)9-10-25-19)12-1-5-14(6-2-12)27-15-7-3-13(4-8-15)20(22,23)24/h1-11,26H. The lowest BCUT2D eigenvalue weighted by Gasteiger charge is -2.09. The molecule has 2 aromatic heterocycles. The molecule has 0 aliphatic rings. The van der Waals surface area contributed by atoms with Crippen LogP contribution in [0.2, 0.25) is 5.15 Å². The Kier molecular flexibility index (Phi) is 4.28. The minimum absolute atomic E-state index is 0.329. The molecule has 4 rings (SSSR count). The van der Waals surface area contributed by atoms with Crippen molar-refractivity contribution in [3.63, 3.8) is 0 Å². The number of ether oxygens (including phenoxy) is 1. The lowest BCUT2D eigenvalue weighted by atomic mass is 10.1. The van der Waals surface area contributed by atoms with E-state index in [1.54, 1.807) is 18.3 Å². The van der Waals surface area contributed by atoms with Crippen molar-refractivity contribution in [3.05, 3.63) is 77.7 Å². The van der Waals surface area contributed by atoms with Gasteiger partial charge < -0.3 is 9.72 Å². The molecule has 1 N–H and O–H groups in total. The fourth-order valence-electron chi connectivity index (χ4n) is 2.81. The van der Waals surface area contributed by atoms with Crippen LogP contribution in [0.3, 0.4) is 0 Å². The number of aromatic amines is 1. The molecule has 0 spiro atoms. The smallest absolute Gasteiger partial charge is 0.416 e. The van der Waals surface area contributed by atoms with Crippen LogP contribution < -0.4 is 4.74 Å². The lowest BCUT2D eigenvalue weighted by Crippen LogP contribution is -2.03. The average Bonchev–Trinajstić information content (AvgIpc) is 3.08. The van der Waals surface area contributed by atoms with Crippen LogP contribution >= 0.6 is 11.6 Å². The Morgan fingerprint density at radius 1 is 0.889 bits per heavy atom. The van der Waals surface area contributed by atoms with Crippen LogP contribution in [0.15, 0.2) is 67.0 Å². The topological polar surface area (TPSA) is 37.9 Å². The molecule has 2 aromatic carbocycles. The summed E-state index contributed by atoms with van der Waals surface area (Å²) in [6.07, 6.45) is -0.883. The van der Waals surface area contributed by atoms with Gasteiger partial charge in [0.15, 0.2) is 0 Å². The van der Waals surface area contributed by atoms with Crippen LogP contribution in [0, 0.1) is 0 Å². The van der Waals surface area contributed by atoms with Gasteiger partial charge in [0.25, 0.3) is 0 Å². The third-order valence-electron chi connectivity index (χ3n) is 4.13. The fourth-order valence-corrected chi connectivity index (χ4v) is 3.07. The van der Waals surface area contributed by atoms with Crippen molar-refractivity contribution >= 4 is 22.5 Å². The van der Waals surface area contributed by atoms with Gasteiger partial charge in [-0.25, -0.2) is 4.98 Å². The van der Waals surface area contributed by atoms with E-state index in [0.29, 0.717) is 16.7 Å². The molecule has 2 heterocycles. The normalized spacial score (nSPS) is 11.7. The van der Waals surface area contributed by atoms with E-state index in [9.17, 15) is 13.2 Å². The third-order valence-corrected chi connectivity index (χ3v) is 4.42. The quantitative estimate of drug-likeness (QED) is 0.397. The van der Waals surface area contributed by atoms with E-state index in [-0.39, 0.29) is 0 Å². The van der Waals surface area contributed by atoms with Crippen LogP contribution in [-0.4, -0.2) is 9.97 Å². The zero-order chi connectivity index (χ0) is 19.0. The van der Waals surface area contributed by atoms with Crippen LogP contribution in [0.1, 0.15) is 5.56 Å². The SMILES string of the molecule is FC(F)(F)c1ccc(Oc2ccc(-c3c[nH]c4ccnc(Cl)c34)cc2)cc1. The minimum Gasteiger partial charge on any atom is -0.457 e. The molecule has 0 bridgehead atoms. The second-order valence-corrected chi connectivity index (χ2v) is 6.23. The molecule has 0 atom stereocenters. The maximum absolute atomic E-state index is 12.6. The van der Waals surface area contributed by atoms with Crippen LogP contribution in [-0.2, 0) is 6.18 Å². The van der Waals surface area contributed by atoms with E-state index < -0.39 is 11.7 Å². The summed E-state index contributed by atoms with van der Waals surface area (Å²) < 4.78 is 43.4. The number of nitrogens with one attached hydrogen (secondary N) is 1. The molecule has 0 aliphatic carbocycles. The van der Waals surface area contributed by atoms with E-state index in [4.69, 9.17) is 16.3 Å². The number of halogens is 4. The molecule has 0 unspecified atom stereocenters. The van der Waals surface area contributed by atoms with Gasteiger partial charge in [0.1, 0.15) is 16.7 Å². The molecule has 0 saturated carbocycles. The summed E-state index contributed by atoms with van der Waals surface area (Å²) in [6.45, 7) is 0. The molecule has 7 heteroatoms. The zero-order valence-electron chi connectivity index (χ0n) is 13.7. The van der Waals surface area contributed by atoms with Crippen LogP contribution in [0.4, 0.5) is 13.2 Å². The van der Waals surface area contributed by atoms with Crippen LogP contribution in [0.5, 0.6) is 11.5 Å². The first kappa shape index (κ1) is 17.4. The summed E-state index contributed by atoms with van der Waals surface area (Å²) in [5, 5.41) is 1.24. The Bertz CT molecular complexity index is 1090. The highest BCUT2D eigenvalue weighted by molar-refractivity contribution is 6.35. The fraction of sp³-hybridized carbons (Fsp3) is 0.0500. The Morgan fingerprint density at radius 2 is 1.52 bits per heavy atom. The minimum atomic E-state index is -4.37. The van der Waals surface area contributed by atoms with Gasteiger partial charge in [0, 0.05) is 23.3 Å². The van der Waals surface area contributed by atoms with Gasteiger partial charge in [-0.3, -0.25) is 0 Å². The summed E-state index contributed by atoms with van der Waals surface area (Å²) in [4.78, 5) is 7.26. The monoisotopic (exact) mass is 388 g/mol. The highest BCUT2D eigenvalue weighted by atomic mass is 35.5. The molecule has 0 radical (unpaired) electrons. The van der Waals surface area contributed by atoms with Gasteiger partial charge in [-0.15, -0.1) is 0 Å². The van der Waals surface area contributed by atoms with E-state index in [1.165, 1.54) is 12.1 Å². The molecule has 0 amide bonds. The van der Waals surface area contributed by atoms with Crippen molar-refractivity contribution in [3.8, 4) is 22.6 Å². The third kappa shape index (κ3) is 3.48. The number of hydrogen-bond acceptors (Lipinski definition) is 2. The highest BCUT2D eigenvalue weighted by Crippen LogP contribution is 2.34. The first-order valence-electron chi connectivity index (χ1n) is 7.99. The summed E-state index contributed by atoms with van der Waals surface area (Å²) in [7, 11) is 0. The average molecular weight is 389 g/mol. The van der Waals surface area contributed by atoms with E-state index in [0.717, 1.165) is 34.2 Å². The second kappa shape index (κ2) is 6.63. The molecule has 3 nitrogen and oxygen atoms in total. The van der Waals surface area contributed by atoms with Gasteiger partial charge in [-0.05, 0) is 48.0 Å². The zero-order valence-corrected chi connectivity index (χ0v) is 14.5. The van der Waals surface area contributed by atoms with Crippen molar-refractivity contribution in [1.29, 1.82) is 0 Å². The first-order valence-corrected chi connectivity index (χ1v) is 8.37. The Hall–Kier alpha value is -2.99. The summed E-state index contributed by atoms with van der Waals surface area (Å²) in [6, 6.07) is 13.6. The van der Waals surface area contributed by atoms with E-state index >= 15 is 0 Å². The number of H-pyrrole nitrogens is 1. The largest absolute Gasteiger partial charge is 0.457 e. The van der Waals surface area contributed by atoms with E-state index in [2.05, 4.69) is 9.97 Å². The van der Waals surface area contributed by atoms with Gasteiger partial charge in [0.05, 0.1) is 11.1 Å². The molecule has 0 saturated heterocycles. The Labute approximate surface area is 157 Å². The molecule has 0 fully saturated rings. The Balaban J connectivity index is 1.57. The number of nitrogens with zero attached hydrogens (tertiary/aromatic N) is 1. The van der Waals surface area contributed by atoms with Gasteiger partial charge in [0.2, 0.25) is 0 Å².